The summed E-state index contributed by atoms with van der Waals surface area (Å²) in [6, 6.07) is 0. The van der Waals surface area contributed by atoms with Gasteiger partial charge < -0.3 is 14.2 Å². The van der Waals surface area contributed by atoms with Gasteiger partial charge in [-0.2, -0.15) is 0 Å². The lowest BCUT2D eigenvalue weighted by Gasteiger charge is -2.22. The molecule has 2 aliphatic rings. The summed E-state index contributed by atoms with van der Waals surface area (Å²) in [4.78, 5) is 0. The van der Waals surface area contributed by atoms with Gasteiger partial charge in [0.05, 0.1) is 0 Å². The van der Waals surface area contributed by atoms with Crippen molar-refractivity contribution >= 4 is 0 Å². The Hall–Kier alpha value is -0.380. The topological polar surface area (TPSA) is 31.0 Å². The molecular weight excluding hydrogens is 144 g/mol. The molecular formula is C8H12O3. The van der Waals surface area contributed by atoms with Crippen molar-refractivity contribution in [2.24, 2.45) is 0 Å². The third-order valence-corrected chi connectivity index (χ3v) is 2.24. The number of hydrogen-bond donors (Lipinski definition) is 0. The van der Waals surface area contributed by atoms with Gasteiger partial charge in [0, 0.05) is 14.2 Å². The molecule has 1 aliphatic carbocycles. The highest BCUT2D eigenvalue weighted by molar-refractivity contribution is 5.16. The molecule has 0 bridgehead atoms. The normalized spacial score (nSPS) is 47.1. The fraction of sp³-hybridized carbons (Fsp3) is 0.750. The van der Waals surface area contributed by atoms with Gasteiger partial charge in [-0.3, -0.25) is 0 Å². The monoisotopic (exact) mass is 156 g/mol. The number of rotatable bonds is 2. The fourth-order valence-corrected chi connectivity index (χ4v) is 1.55. The molecule has 0 saturated carbocycles. The second-order valence-electron chi connectivity index (χ2n) is 2.85. The Bertz CT molecular complexity index is 178. The third kappa shape index (κ3) is 1.09. The summed E-state index contributed by atoms with van der Waals surface area (Å²) in [7, 11) is 3.37. The molecule has 0 aromatic carbocycles. The van der Waals surface area contributed by atoms with E-state index in [2.05, 4.69) is 0 Å². The molecule has 1 saturated heterocycles. The lowest BCUT2D eigenvalue weighted by Crippen LogP contribution is -2.36. The SMILES string of the molecule is CO[C@@H]1[C@H]2O[C@H]2C=C[C@@H]1OC. The molecule has 1 aliphatic heterocycles. The van der Waals surface area contributed by atoms with Gasteiger partial charge >= 0.3 is 0 Å². The first-order chi connectivity index (χ1) is 5.36. The van der Waals surface area contributed by atoms with Crippen LogP contribution in [-0.2, 0) is 14.2 Å². The van der Waals surface area contributed by atoms with Crippen molar-refractivity contribution in [1.29, 1.82) is 0 Å². The molecule has 0 amide bonds. The lowest BCUT2D eigenvalue weighted by atomic mass is 10.0. The average Bonchev–Trinajstić information content (AvgIpc) is 2.80. The summed E-state index contributed by atoms with van der Waals surface area (Å²) in [5.41, 5.74) is 0. The number of ether oxygens (including phenoxy) is 3. The summed E-state index contributed by atoms with van der Waals surface area (Å²) in [5, 5.41) is 0. The molecule has 0 aromatic heterocycles. The van der Waals surface area contributed by atoms with E-state index in [-0.39, 0.29) is 24.4 Å². The van der Waals surface area contributed by atoms with E-state index in [1.165, 1.54) is 0 Å². The van der Waals surface area contributed by atoms with Crippen LogP contribution in [0.25, 0.3) is 0 Å². The van der Waals surface area contributed by atoms with Crippen LogP contribution in [0.3, 0.4) is 0 Å². The van der Waals surface area contributed by atoms with Crippen LogP contribution < -0.4 is 0 Å². The van der Waals surface area contributed by atoms with Crippen LogP contribution in [0.4, 0.5) is 0 Å². The molecule has 2 rings (SSSR count). The predicted octanol–water partition coefficient (Wildman–Crippen LogP) is 0.354. The number of fused-ring (bicyclic) bond motifs is 1. The van der Waals surface area contributed by atoms with Crippen LogP contribution in [0.15, 0.2) is 12.2 Å². The van der Waals surface area contributed by atoms with Gasteiger partial charge in [0.2, 0.25) is 0 Å². The Morgan fingerprint density at radius 2 is 2.00 bits per heavy atom. The second kappa shape index (κ2) is 2.59. The summed E-state index contributed by atoms with van der Waals surface area (Å²) in [6.07, 6.45) is 4.69. The summed E-state index contributed by atoms with van der Waals surface area (Å²) in [5.74, 6) is 0. The van der Waals surface area contributed by atoms with E-state index in [1.807, 2.05) is 12.2 Å². The van der Waals surface area contributed by atoms with E-state index in [0.717, 1.165) is 0 Å². The molecule has 0 unspecified atom stereocenters. The van der Waals surface area contributed by atoms with Crippen molar-refractivity contribution in [3.8, 4) is 0 Å². The third-order valence-electron chi connectivity index (χ3n) is 2.24. The van der Waals surface area contributed by atoms with E-state index in [9.17, 15) is 0 Å². The van der Waals surface area contributed by atoms with Crippen LogP contribution in [-0.4, -0.2) is 38.6 Å². The zero-order chi connectivity index (χ0) is 7.84. The average molecular weight is 156 g/mol. The molecule has 4 atom stereocenters. The van der Waals surface area contributed by atoms with Crippen molar-refractivity contribution in [2.45, 2.75) is 24.4 Å². The molecule has 11 heavy (non-hydrogen) atoms. The van der Waals surface area contributed by atoms with Crippen LogP contribution in [0.5, 0.6) is 0 Å². The van der Waals surface area contributed by atoms with Gasteiger partial charge in [0.1, 0.15) is 24.4 Å². The van der Waals surface area contributed by atoms with Crippen LogP contribution >= 0.6 is 0 Å². The molecule has 3 nitrogen and oxygen atoms in total. The smallest absolute Gasteiger partial charge is 0.117 e. The highest BCUT2D eigenvalue weighted by Crippen LogP contribution is 2.34. The highest BCUT2D eigenvalue weighted by Gasteiger charge is 2.49. The van der Waals surface area contributed by atoms with Crippen molar-refractivity contribution in [3.63, 3.8) is 0 Å². The van der Waals surface area contributed by atoms with Gasteiger partial charge in [0.25, 0.3) is 0 Å². The van der Waals surface area contributed by atoms with Crippen molar-refractivity contribution < 1.29 is 14.2 Å². The Morgan fingerprint density at radius 3 is 2.64 bits per heavy atom. The van der Waals surface area contributed by atoms with Crippen LogP contribution in [0.2, 0.25) is 0 Å². The van der Waals surface area contributed by atoms with Crippen molar-refractivity contribution in [3.05, 3.63) is 12.2 Å². The van der Waals surface area contributed by atoms with Crippen molar-refractivity contribution in [1.82, 2.24) is 0 Å². The molecule has 3 heteroatoms. The Balaban J connectivity index is 2.08. The largest absolute Gasteiger partial charge is 0.376 e. The highest BCUT2D eigenvalue weighted by atomic mass is 16.6. The lowest BCUT2D eigenvalue weighted by molar-refractivity contribution is -0.0258. The van der Waals surface area contributed by atoms with Gasteiger partial charge in [-0.25, -0.2) is 0 Å². The number of hydrogen-bond acceptors (Lipinski definition) is 3. The predicted molar refractivity (Wildman–Crippen MR) is 39.4 cm³/mol. The minimum absolute atomic E-state index is 0.0590. The van der Waals surface area contributed by atoms with Crippen LogP contribution in [0.1, 0.15) is 0 Å². The first kappa shape index (κ1) is 7.28. The first-order valence-electron chi connectivity index (χ1n) is 3.76. The molecule has 0 aromatic rings. The van der Waals surface area contributed by atoms with E-state index in [0.29, 0.717) is 0 Å². The van der Waals surface area contributed by atoms with Gasteiger partial charge in [-0.05, 0) is 0 Å². The maximum absolute atomic E-state index is 5.32. The fourth-order valence-electron chi connectivity index (χ4n) is 1.55. The quantitative estimate of drug-likeness (QED) is 0.427. The maximum Gasteiger partial charge on any atom is 0.117 e. The minimum atomic E-state index is 0.0590. The van der Waals surface area contributed by atoms with Gasteiger partial charge in [-0.1, -0.05) is 12.2 Å². The molecule has 1 fully saturated rings. The Morgan fingerprint density at radius 1 is 1.18 bits per heavy atom. The minimum Gasteiger partial charge on any atom is -0.376 e. The summed E-state index contributed by atoms with van der Waals surface area (Å²) >= 11 is 0. The molecule has 0 radical (unpaired) electrons. The summed E-state index contributed by atoms with van der Waals surface area (Å²) < 4.78 is 15.8. The van der Waals surface area contributed by atoms with Crippen LogP contribution in [0, 0.1) is 0 Å². The zero-order valence-corrected chi connectivity index (χ0v) is 6.69. The van der Waals surface area contributed by atoms with E-state index >= 15 is 0 Å². The number of methoxy groups -OCH3 is 2. The Kier molecular flexibility index (Phi) is 1.71. The maximum atomic E-state index is 5.32. The molecule has 62 valence electrons. The Labute approximate surface area is 65.9 Å². The van der Waals surface area contributed by atoms with Crippen molar-refractivity contribution in [2.75, 3.05) is 14.2 Å². The molecule has 1 heterocycles. The first-order valence-corrected chi connectivity index (χ1v) is 3.76. The van der Waals surface area contributed by atoms with E-state index in [1.54, 1.807) is 14.2 Å². The molecule has 0 N–H and O–H groups in total. The zero-order valence-electron chi connectivity index (χ0n) is 6.69. The number of epoxide rings is 1. The van der Waals surface area contributed by atoms with Gasteiger partial charge in [-0.15, -0.1) is 0 Å². The standard InChI is InChI=1S/C8H12O3/c1-9-5-3-4-6-8(11-6)7(5)10-2/h3-8H,1-2H3/t5-,6-,7-,8-/m0/s1. The van der Waals surface area contributed by atoms with E-state index < -0.39 is 0 Å². The molecule has 0 spiro atoms. The van der Waals surface area contributed by atoms with E-state index in [4.69, 9.17) is 14.2 Å². The van der Waals surface area contributed by atoms with Gasteiger partial charge in [0.15, 0.2) is 0 Å². The summed E-state index contributed by atoms with van der Waals surface area (Å²) in [6.45, 7) is 0. The second-order valence-corrected chi connectivity index (χ2v) is 2.85.